The van der Waals surface area contributed by atoms with Crippen molar-refractivity contribution in [1.82, 2.24) is 9.97 Å². The summed E-state index contributed by atoms with van der Waals surface area (Å²) in [5.74, 6) is -1.57. The number of nitrogens with zero attached hydrogens (tertiary/aromatic N) is 2. The van der Waals surface area contributed by atoms with Crippen LogP contribution >= 0.6 is 0 Å². The van der Waals surface area contributed by atoms with Crippen LogP contribution in [0.15, 0.2) is 17.5 Å². The summed E-state index contributed by atoms with van der Waals surface area (Å²) in [6.45, 7) is 1.47. The topological polar surface area (TPSA) is 95.4 Å². The van der Waals surface area contributed by atoms with E-state index in [1.807, 2.05) is 0 Å². The second kappa shape index (κ2) is 4.36. The first kappa shape index (κ1) is 11.9. The maximum Gasteiger partial charge on any atom is 0.227 e. The van der Waals surface area contributed by atoms with Gasteiger partial charge in [0.05, 0.1) is 22.7 Å². The number of halogens is 1. The molecule has 0 bridgehead atoms. The highest BCUT2D eigenvalue weighted by atomic mass is 19.1. The molecule has 18 heavy (non-hydrogen) atoms. The molecule has 7 heteroatoms. The minimum Gasteiger partial charge on any atom is -0.411 e. The van der Waals surface area contributed by atoms with Crippen molar-refractivity contribution in [2.24, 2.45) is 5.16 Å². The number of aromatic nitrogens is 2. The van der Waals surface area contributed by atoms with Crippen molar-refractivity contribution < 1.29 is 19.2 Å². The fraction of sp³-hybridized carbons (Fsp3) is 0.0909. The number of fused-ring (bicyclic) bond motifs is 1. The largest absolute Gasteiger partial charge is 0.411 e. The Labute approximate surface area is 100 Å². The van der Waals surface area contributed by atoms with Gasteiger partial charge in [0.1, 0.15) is 11.4 Å². The third-order valence-corrected chi connectivity index (χ3v) is 2.53. The number of ketones is 1. The number of pyridine rings is 1. The highest BCUT2D eigenvalue weighted by Crippen LogP contribution is 2.24. The van der Waals surface area contributed by atoms with Gasteiger partial charge in [-0.1, -0.05) is 5.16 Å². The summed E-state index contributed by atoms with van der Waals surface area (Å²) in [5.41, 5.74) is 0.494. The number of aromatic amines is 1. The van der Waals surface area contributed by atoms with Crippen molar-refractivity contribution in [1.29, 1.82) is 0 Å². The van der Waals surface area contributed by atoms with E-state index in [9.17, 15) is 14.0 Å². The number of carbonyl (C=O) groups excluding carboxylic acids is 2. The van der Waals surface area contributed by atoms with Crippen molar-refractivity contribution in [2.45, 2.75) is 6.92 Å². The third-order valence-electron chi connectivity index (χ3n) is 2.53. The zero-order valence-electron chi connectivity index (χ0n) is 9.27. The summed E-state index contributed by atoms with van der Waals surface area (Å²) in [4.78, 5) is 28.2. The predicted molar refractivity (Wildman–Crippen MR) is 60.4 cm³/mol. The quantitative estimate of drug-likeness (QED) is 0.214. The van der Waals surface area contributed by atoms with Gasteiger partial charge >= 0.3 is 0 Å². The summed E-state index contributed by atoms with van der Waals surface area (Å²) in [6.07, 6.45) is 2.23. The molecule has 2 aromatic heterocycles. The second-order valence-electron chi connectivity index (χ2n) is 3.57. The number of hydrogen-bond donors (Lipinski definition) is 2. The molecule has 0 aliphatic carbocycles. The summed E-state index contributed by atoms with van der Waals surface area (Å²) in [7, 11) is 0. The normalized spacial score (nSPS) is 11.8. The van der Waals surface area contributed by atoms with E-state index in [1.165, 1.54) is 13.1 Å². The summed E-state index contributed by atoms with van der Waals surface area (Å²) >= 11 is 0. The molecular weight excluding hydrogens is 241 g/mol. The van der Waals surface area contributed by atoms with Gasteiger partial charge in [0.2, 0.25) is 5.78 Å². The van der Waals surface area contributed by atoms with E-state index in [-0.39, 0.29) is 34.2 Å². The number of hydrogen-bond acceptors (Lipinski definition) is 5. The zero-order chi connectivity index (χ0) is 13.3. The molecule has 6 nitrogen and oxygen atoms in total. The van der Waals surface area contributed by atoms with Crippen molar-refractivity contribution in [2.75, 3.05) is 0 Å². The van der Waals surface area contributed by atoms with Gasteiger partial charge in [-0.25, -0.2) is 9.37 Å². The van der Waals surface area contributed by atoms with Crippen LogP contribution in [-0.4, -0.2) is 33.0 Å². The van der Waals surface area contributed by atoms with E-state index >= 15 is 0 Å². The molecule has 0 atom stereocenters. The number of rotatable bonds is 3. The van der Waals surface area contributed by atoms with Crippen molar-refractivity contribution in [3.05, 3.63) is 29.5 Å². The van der Waals surface area contributed by atoms with Crippen LogP contribution in [0.5, 0.6) is 0 Å². The molecule has 0 aliphatic rings. The Bertz CT molecular complexity index is 675. The summed E-state index contributed by atoms with van der Waals surface area (Å²) < 4.78 is 13.7. The molecule has 2 N–H and O–H groups in total. The molecule has 0 unspecified atom stereocenters. The molecule has 0 spiro atoms. The summed E-state index contributed by atoms with van der Waals surface area (Å²) in [5, 5.41) is 11.6. The highest BCUT2D eigenvalue weighted by Gasteiger charge is 2.19. The number of carbonyl (C=O) groups is 2. The maximum absolute atomic E-state index is 13.7. The smallest absolute Gasteiger partial charge is 0.227 e. The Morgan fingerprint density at radius 3 is 2.94 bits per heavy atom. The Hall–Kier alpha value is -2.57. The monoisotopic (exact) mass is 249 g/mol. The molecule has 92 valence electrons. The van der Waals surface area contributed by atoms with Crippen LogP contribution in [0.25, 0.3) is 10.9 Å². The van der Waals surface area contributed by atoms with Gasteiger partial charge in [-0.2, -0.15) is 0 Å². The fourth-order valence-electron chi connectivity index (χ4n) is 1.69. The average molecular weight is 249 g/mol. The number of oxime groups is 1. The van der Waals surface area contributed by atoms with E-state index in [0.29, 0.717) is 0 Å². The first-order valence-electron chi connectivity index (χ1n) is 4.94. The molecule has 0 radical (unpaired) electrons. The Kier molecular flexibility index (Phi) is 2.88. The lowest BCUT2D eigenvalue weighted by molar-refractivity contribution is -0.104. The predicted octanol–water partition coefficient (Wildman–Crippen LogP) is 1.28. The summed E-state index contributed by atoms with van der Waals surface area (Å²) in [6, 6.07) is 0. The van der Waals surface area contributed by atoms with Crippen molar-refractivity contribution in [3.8, 4) is 0 Å². The standard InChI is InChI=1S/C11H8FN3O3/c1-5(15-18)10-11-9(7(12)3-14-10)6(2-13-11)8(17)4-16/h2-4,13,18H,1H3/b15-5+. The van der Waals surface area contributed by atoms with Crippen LogP contribution in [0.4, 0.5) is 4.39 Å². The Balaban J connectivity index is 2.82. The number of nitrogens with one attached hydrogen (secondary N) is 1. The van der Waals surface area contributed by atoms with Gasteiger partial charge in [0.25, 0.3) is 0 Å². The van der Waals surface area contributed by atoms with Crippen LogP contribution in [-0.2, 0) is 4.79 Å². The minimum atomic E-state index is -0.837. The van der Waals surface area contributed by atoms with Crippen LogP contribution in [0, 0.1) is 5.82 Å². The molecule has 0 amide bonds. The van der Waals surface area contributed by atoms with Gasteiger partial charge in [-0.15, -0.1) is 0 Å². The number of aldehydes is 1. The lowest BCUT2D eigenvalue weighted by atomic mass is 10.1. The van der Waals surface area contributed by atoms with Gasteiger partial charge < -0.3 is 10.2 Å². The van der Waals surface area contributed by atoms with Gasteiger partial charge in [0, 0.05) is 6.20 Å². The van der Waals surface area contributed by atoms with Crippen LogP contribution in [0.2, 0.25) is 0 Å². The van der Waals surface area contributed by atoms with Gasteiger partial charge in [-0.05, 0) is 6.92 Å². The molecule has 0 aromatic carbocycles. The van der Waals surface area contributed by atoms with E-state index in [1.54, 1.807) is 0 Å². The van der Waals surface area contributed by atoms with E-state index in [2.05, 4.69) is 15.1 Å². The lowest BCUT2D eigenvalue weighted by Crippen LogP contribution is -2.03. The Morgan fingerprint density at radius 1 is 1.61 bits per heavy atom. The van der Waals surface area contributed by atoms with Gasteiger partial charge in [-0.3, -0.25) is 9.59 Å². The van der Waals surface area contributed by atoms with Crippen molar-refractivity contribution in [3.63, 3.8) is 0 Å². The average Bonchev–Trinajstić information content (AvgIpc) is 2.83. The maximum atomic E-state index is 13.7. The Morgan fingerprint density at radius 2 is 2.33 bits per heavy atom. The first-order chi connectivity index (χ1) is 8.60. The minimum absolute atomic E-state index is 0.0416. The lowest BCUT2D eigenvalue weighted by Gasteiger charge is -2.01. The van der Waals surface area contributed by atoms with Crippen LogP contribution in [0.1, 0.15) is 23.0 Å². The van der Waals surface area contributed by atoms with E-state index in [0.717, 1.165) is 6.20 Å². The first-order valence-corrected chi connectivity index (χ1v) is 4.94. The number of H-pyrrole nitrogens is 1. The van der Waals surface area contributed by atoms with Crippen molar-refractivity contribution >= 4 is 28.7 Å². The highest BCUT2D eigenvalue weighted by molar-refractivity contribution is 6.36. The van der Waals surface area contributed by atoms with Crippen LogP contribution < -0.4 is 0 Å². The molecule has 0 aliphatic heterocycles. The fourth-order valence-corrected chi connectivity index (χ4v) is 1.69. The SMILES string of the molecule is C/C(=N\O)c1ncc(F)c2c(C(=O)C=O)c[nH]c12. The second-order valence-corrected chi connectivity index (χ2v) is 3.57. The molecule has 2 rings (SSSR count). The van der Waals surface area contributed by atoms with Crippen LogP contribution in [0.3, 0.4) is 0 Å². The molecule has 2 heterocycles. The molecule has 0 fully saturated rings. The van der Waals surface area contributed by atoms with E-state index in [4.69, 9.17) is 5.21 Å². The molecule has 0 saturated heterocycles. The van der Waals surface area contributed by atoms with Gasteiger partial charge in [0.15, 0.2) is 12.1 Å². The zero-order valence-corrected chi connectivity index (χ0v) is 9.27. The number of Topliss-reactive ketones (excluding diaryl/α,β-unsaturated/α-hetero) is 1. The third kappa shape index (κ3) is 1.65. The van der Waals surface area contributed by atoms with E-state index < -0.39 is 11.6 Å². The molecule has 0 saturated carbocycles. The molecular formula is C11H8FN3O3. The molecule has 2 aromatic rings.